The summed E-state index contributed by atoms with van der Waals surface area (Å²) in [5, 5.41) is 12.3. The lowest BCUT2D eigenvalue weighted by Crippen LogP contribution is -2.53. The van der Waals surface area contributed by atoms with Crippen molar-refractivity contribution in [3.8, 4) is 11.8 Å². The van der Waals surface area contributed by atoms with E-state index >= 15 is 0 Å². The van der Waals surface area contributed by atoms with E-state index in [0.717, 1.165) is 55.3 Å². The predicted octanol–water partition coefficient (Wildman–Crippen LogP) is 5.82. The molecule has 5 heteroatoms. The summed E-state index contributed by atoms with van der Waals surface area (Å²) in [4.78, 5) is 27.6. The standard InChI is InChI=1S/C29H34N2O3/c1-5-16-29(31(33)34)18-15-24-21-10-11-22-19(20(21)14-17-28(24,29)2)12-13-26(32)27(22)23-8-6-7-9-25(23)30(3)4/h6-9,21,24H,10-15,17-18H2,1-4H3/t21-,24+,28+,29+/m1/s1. The summed E-state index contributed by atoms with van der Waals surface area (Å²) in [6.07, 6.45) is 6.31. The zero-order chi connectivity index (χ0) is 24.3. The van der Waals surface area contributed by atoms with Crippen LogP contribution in [0.2, 0.25) is 0 Å². The van der Waals surface area contributed by atoms with Crippen LogP contribution in [0.15, 0.2) is 41.0 Å². The predicted molar refractivity (Wildman–Crippen MR) is 135 cm³/mol. The van der Waals surface area contributed by atoms with Gasteiger partial charge in [-0.3, -0.25) is 14.9 Å². The van der Waals surface area contributed by atoms with Gasteiger partial charge in [0.05, 0.1) is 5.41 Å². The highest BCUT2D eigenvalue weighted by atomic mass is 16.6. The van der Waals surface area contributed by atoms with E-state index in [4.69, 9.17) is 0 Å². The Kier molecular flexibility index (Phi) is 5.47. The van der Waals surface area contributed by atoms with Gasteiger partial charge in [-0.15, -0.1) is 0 Å². The highest BCUT2D eigenvalue weighted by Crippen LogP contribution is 2.64. The number of Topliss-reactive ketones (excluding diaryl/α,β-unsaturated/α-hetero) is 1. The van der Waals surface area contributed by atoms with E-state index in [1.54, 1.807) is 6.92 Å². The molecule has 2 fully saturated rings. The number of carbonyl (C=O) groups is 1. The Hall–Kier alpha value is -2.87. The number of allylic oxidation sites excluding steroid dienone is 4. The fourth-order valence-electron chi connectivity index (χ4n) is 7.79. The number of fused-ring (bicyclic) bond motifs is 4. The summed E-state index contributed by atoms with van der Waals surface area (Å²) in [5.74, 6) is 6.88. The van der Waals surface area contributed by atoms with Crippen LogP contribution in [0.3, 0.4) is 0 Å². The van der Waals surface area contributed by atoms with Crippen LogP contribution in [0.5, 0.6) is 0 Å². The first kappa shape index (κ1) is 22.9. The number of ketones is 1. The van der Waals surface area contributed by atoms with Gasteiger partial charge >= 0.3 is 0 Å². The largest absolute Gasteiger partial charge is 0.377 e. The van der Waals surface area contributed by atoms with Gasteiger partial charge in [0.25, 0.3) is 5.54 Å². The number of nitrogens with zero attached hydrogens (tertiary/aromatic N) is 2. The molecule has 178 valence electrons. The number of hydrogen-bond acceptors (Lipinski definition) is 4. The second-order valence-electron chi connectivity index (χ2n) is 10.9. The maximum atomic E-state index is 13.3. The summed E-state index contributed by atoms with van der Waals surface area (Å²) >= 11 is 0. The number of rotatable bonds is 3. The first-order chi connectivity index (χ1) is 16.2. The minimum atomic E-state index is -1.13. The lowest BCUT2D eigenvalue weighted by molar-refractivity contribution is -0.570. The van der Waals surface area contributed by atoms with E-state index in [-0.39, 0.29) is 16.6 Å². The fraction of sp³-hybridized carbons (Fsp3) is 0.552. The number of benzene rings is 1. The van der Waals surface area contributed by atoms with Gasteiger partial charge in [0.1, 0.15) is 0 Å². The van der Waals surface area contributed by atoms with E-state index in [9.17, 15) is 14.9 Å². The summed E-state index contributed by atoms with van der Waals surface area (Å²) in [5.41, 5.74) is 5.61. The molecule has 1 aromatic carbocycles. The Morgan fingerprint density at radius 1 is 1.06 bits per heavy atom. The topological polar surface area (TPSA) is 63.5 Å². The molecular weight excluding hydrogens is 424 g/mol. The van der Waals surface area contributed by atoms with Crippen molar-refractivity contribution >= 4 is 17.0 Å². The fourth-order valence-corrected chi connectivity index (χ4v) is 7.79. The number of carbonyl (C=O) groups excluding carboxylic acids is 1. The second-order valence-corrected chi connectivity index (χ2v) is 10.9. The van der Waals surface area contributed by atoms with Gasteiger partial charge in [-0.2, -0.15) is 0 Å². The average molecular weight is 459 g/mol. The van der Waals surface area contributed by atoms with Gasteiger partial charge in [0, 0.05) is 48.7 Å². The van der Waals surface area contributed by atoms with Crippen LogP contribution >= 0.6 is 0 Å². The van der Waals surface area contributed by atoms with Gasteiger partial charge in [-0.05, 0) is 80.4 Å². The molecular formula is C29H34N2O3. The molecule has 0 bridgehead atoms. The van der Waals surface area contributed by atoms with E-state index in [1.165, 1.54) is 16.7 Å². The molecule has 1 aromatic rings. The van der Waals surface area contributed by atoms with E-state index in [0.29, 0.717) is 18.8 Å². The van der Waals surface area contributed by atoms with Crippen molar-refractivity contribution in [3.05, 3.63) is 56.7 Å². The van der Waals surface area contributed by atoms with Gasteiger partial charge in [0.2, 0.25) is 0 Å². The van der Waals surface area contributed by atoms with Crippen LogP contribution in [0, 0.1) is 39.2 Å². The maximum Gasteiger partial charge on any atom is 0.286 e. The molecule has 34 heavy (non-hydrogen) atoms. The first-order valence-corrected chi connectivity index (χ1v) is 12.6. The molecule has 5 rings (SSSR count). The Labute approximate surface area is 202 Å². The van der Waals surface area contributed by atoms with Gasteiger partial charge in [-0.1, -0.05) is 36.6 Å². The van der Waals surface area contributed by atoms with Gasteiger partial charge < -0.3 is 4.90 Å². The molecule has 0 aliphatic heterocycles. The zero-order valence-corrected chi connectivity index (χ0v) is 20.7. The minimum Gasteiger partial charge on any atom is -0.377 e. The van der Waals surface area contributed by atoms with Crippen LogP contribution in [0.1, 0.15) is 70.8 Å². The van der Waals surface area contributed by atoms with Crippen molar-refractivity contribution in [3.63, 3.8) is 0 Å². The van der Waals surface area contributed by atoms with Crippen molar-refractivity contribution in [1.29, 1.82) is 0 Å². The van der Waals surface area contributed by atoms with Crippen molar-refractivity contribution < 1.29 is 9.72 Å². The third kappa shape index (κ3) is 3.04. The lowest BCUT2D eigenvalue weighted by Gasteiger charge is -2.49. The quantitative estimate of drug-likeness (QED) is 0.325. The average Bonchev–Trinajstić information content (AvgIpc) is 3.12. The third-order valence-electron chi connectivity index (χ3n) is 9.37. The Morgan fingerprint density at radius 2 is 1.82 bits per heavy atom. The molecule has 0 aromatic heterocycles. The Morgan fingerprint density at radius 3 is 2.53 bits per heavy atom. The van der Waals surface area contributed by atoms with Crippen LogP contribution in [-0.4, -0.2) is 30.3 Å². The lowest BCUT2D eigenvalue weighted by atomic mass is 9.54. The number of hydrogen-bond donors (Lipinski definition) is 0. The van der Waals surface area contributed by atoms with Crippen LogP contribution in [0.25, 0.3) is 5.57 Å². The number of nitro groups is 1. The molecule has 0 spiro atoms. The van der Waals surface area contributed by atoms with Gasteiger partial charge in [0.15, 0.2) is 5.78 Å². The highest BCUT2D eigenvalue weighted by molar-refractivity contribution is 6.24. The SMILES string of the molecule is CC#C[C@]1([N+](=O)[O-])CC[C@H]2[C@@H]3CCC4=C(c5ccccc5N(C)C)C(=O)CCC4=C3CC[C@@]21C. The zero-order valence-electron chi connectivity index (χ0n) is 20.7. The first-order valence-electron chi connectivity index (χ1n) is 12.6. The highest BCUT2D eigenvalue weighted by Gasteiger charge is 2.68. The molecule has 4 aliphatic carbocycles. The molecule has 0 radical (unpaired) electrons. The molecule has 0 amide bonds. The second kappa shape index (κ2) is 8.12. The van der Waals surface area contributed by atoms with Crippen LogP contribution in [0.4, 0.5) is 5.69 Å². The monoisotopic (exact) mass is 458 g/mol. The molecule has 2 saturated carbocycles. The van der Waals surface area contributed by atoms with E-state index < -0.39 is 11.0 Å². The van der Waals surface area contributed by atoms with Crippen molar-refractivity contribution in [2.24, 2.45) is 17.3 Å². The van der Waals surface area contributed by atoms with Crippen molar-refractivity contribution in [2.45, 2.75) is 70.8 Å². The molecule has 4 atom stereocenters. The van der Waals surface area contributed by atoms with Gasteiger partial charge in [-0.25, -0.2) is 0 Å². The third-order valence-corrected chi connectivity index (χ3v) is 9.37. The van der Waals surface area contributed by atoms with E-state index in [2.05, 4.69) is 35.8 Å². The van der Waals surface area contributed by atoms with Crippen molar-refractivity contribution in [1.82, 2.24) is 0 Å². The number of para-hydroxylation sites is 1. The van der Waals surface area contributed by atoms with Crippen LogP contribution in [-0.2, 0) is 4.79 Å². The molecule has 5 nitrogen and oxygen atoms in total. The Bertz CT molecular complexity index is 1200. The van der Waals surface area contributed by atoms with Crippen molar-refractivity contribution in [2.75, 3.05) is 19.0 Å². The molecule has 0 N–H and O–H groups in total. The molecule has 0 unspecified atom stereocenters. The summed E-state index contributed by atoms with van der Waals surface area (Å²) in [6.45, 7) is 3.86. The maximum absolute atomic E-state index is 13.3. The normalized spacial score (nSPS) is 32.4. The molecule has 4 aliphatic rings. The smallest absolute Gasteiger partial charge is 0.286 e. The summed E-state index contributed by atoms with van der Waals surface area (Å²) in [6, 6.07) is 8.21. The summed E-state index contributed by atoms with van der Waals surface area (Å²) in [7, 11) is 4.05. The molecule has 0 heterocycles. The molecule has 0 saturated heterocycles. The van der Waals surface area contributed by atoms with E-state index in [1.807, 2.05) is 26.2 Å². The summed E-state index contributed by atoms with van der Waals surface area (Å²) < 4.78 is 0. The minimum absolute atomic E-state index is 0.0780. The Balaban J connectivity index is 1.62. The van der Waals surface area contributed by atoms with Crippen LogP contribution < -0.4 is 4.90 Å². The number of anilines is 1.